The van der Waals surface area contributed by atoms with Crippen molar-refractivity contribution < 1.29 is 14.7 Å². The van der Waals surface area contributed by atoms with Gasteiger partial charge in [-0.15, -0.1) is 0 Å². The van der Waals surface area contributed by atoms with E-state index >= 15 is 0 Å². The van der Waals surface area contributed by atoms with E-state index in [0.717, 1.165) is 42.7 Å². The number of benzene rings is 2. The molecular weight excluding hydrogens is 376 g/mol. The molecule has 0 aliphatic carbocycles. The third kappa shape index (κ3) is 6.51. The van der Waals surface area contributed by atoms with Crippen LogP contribution in [0.2, 0.25) is 0 Å². The Bertz CT molecular complexity index is 906. The van der Waals surface area contributed by atoms with Gasteiger partial charge in [-0.25, -0.2) is 0 Å². The summed E-state index contributed by atoms with van der Waals surface area (Å²) in [7, 11) is 2.15. The third-order valence-electron chi connectivity index (χ3n) is 5.24. The summed E-state index contributed by atoms with van der Waals surface area (Å²) in [5.74, 6) is -0.379. The van der Waals surface area contributed by atoms with E-state index in [-0.39, 0.29) is 11.6 Å². The number of nitrogens with one attached hydrogen (secondary N) is 1. The van der Waals surface area contributed by atoms with Gasteiger partial charge in [-0.05, 0) is 80.5 Å². The molecule has 1 heterocycles. The lowest BCUT2D eigenvalue weighted by Crippen LogP contribution is -2.36. The Labute approximate surface area is 177 Å². The van der Waals surface area contributed by atoms with Gasteiger partial charge in [0.05, 0.1) is 0 Å². The molecule has 30 heavy (non-hydrogen) atoms. The molecule has 0 amide bonds. The molecule has 0 unspecified atom stereocenters. The highest BCUT2D eigenvalue weighted by molar-refractivity contribution is 6.07. The highest BCUT2D eigenvalue weighted by Gasteiger charge is 2.16. The summed E-state index contributed by atoms with van der Waals surface area (Å²) in [5.41, 5.74) is 3.46. The molecule has 5 heteroatoms. The Kier molecular flexibility index (Phi) is 7.71. The van der Waals surface area contributed by atoms with E-state index in [1.807, 2.05) is 48.5 Å². The Morgan fingerprint density at radius 1 is 0.967 bits per heavy atom. The standard InChI is InChI=1S/C25H28N2O3/c1-27-16-14-23(15-17-27)26-22-10-8-21(9-11-22)25(30)13-7-20-4-2-19(3-5-20)6-12-24(29)18-28/h2-13,23,26,28H,14-18H2,1H3/b12-6+,13-7+. The van der Waals surface area contributed by atoms with Gasteiger partial charge in [0.15, 0.2) is 11.6 Å². The zero-order chi connectivity index (χ0) is 21.3. The normalized spacial score (nSPS) is 15.7. The fourth-order valence-electron chi connectivity index (χ4n) is 3.35. The van der Waals surface area contributed by atoms with Crippen molar-refractivity contribution in [3.05, 3.63) is 77.4 Å². The van der Waals surface area contributed by atoms with Gasteiger partial charge < -0.3 is 15.3 Å². The molecule has 2 N–H and O–H groups in total. The van der Waals surface area contributed by atoms with Crippen LogP contribution in [0.1, 0.15) is 34.3 Å². The molecule has 1 aliphatic heterocycles. The van der Waals surface area contributed by atoms with Gasteiger partial charge in [-0.3, -0.25) is 9.59 Å². The molecular formula is C25H28N2O3. The predicted molar refractivity (Wildman–Crippen MR) is 122 cm³/mol. The average Bonchev–Trinajstić information content (AvgIpc) is 2.78. The van der Waals surface area contributed by atoms with Crippen LogP contribution in [0.25, 0.3) is 12.2 Å². The predicted octanol–water partition coefficient (Wildman–Crippen LogP) is 3.66. The number of hydrogen-bond acceptors (Lipinski definition) is 5. The van der Waals surface area contributed by atoms with Crippen LogP contribution in [0.5, 0.6) is 0 Å². The van der Waals surface area contributed by atoms with Crippen molar-refractivity contribution in [2.75, 3.05) is 32.1 Å². The second kappa shape index (κ2) is 10.7. The van der Waals surface area contributed by atoms with Crippen molar-refractivity contribution in [1.29, 1.82) is 0 Å². The molecule has 0 atom stereocenters. The van der Waals surface area contributed by atoms with E-state index < -0.39 is 6.61 Å². The molecule has 3 rings (SSSR count). The fraction of sp³-hybridized carbons (Fsp3) is 0.280. The molecule has 0 radical (unpaired) electrons. The number of anilines is 1. The van der Waals surface area contributed by atoms with Gasteiger partial charge in [0.1, 0.15) is 6.61 Å². The van der Waals surface area contributed by atoms with Crippen molar-refractivity contribution in [1.82, 2.24) is 4.90 Å². The zero-order valence-corrected chi connectivity index (χ0v) is 17.3. The van der Waals surface area contributed by atoms with Crippen LogP contribution in [0.3, 0.4) is 0 Å². The lowest BCUT2D eigenvalue weighted by molar-refractivity contribution is -0.117. The van der Waals surface area contributed by atoms with Crippen molar-refractivity contribution >= 4 is 29.4 Å². The molecule has 5 nitrogen and oxygen atoms in total. The topological polar surface area (TPSA) is 69.6 Å². The summed E-state index contributed by atoms with van der Waals surface area (Å²) < 4.78 is 0. The van der Waals surface area contributed by atoms with E-state index in [9.17, 15) is 9.59 Å². The first kappa shape index (κ1) is 21.7. The number of aliphatic hydroxyl groups excluding tert-OH is 1. The minimum absolute atomic E-state index is 0.0432. The smallest absolute Gasteiger partial charge is 0.185 e. The molecule has 156 valence electrons. The number of carbonyl (C=O) groups excluding carboxylic acids is 2. The number of nitrogens with zero attached hydrogens (tertiary/aromatic N) is 1. The van der Waals surface area contributed by atoms with Crippen molar-refractivity contribution in [2.45, 2.75) is 18.9 Å². The van der Waals surface area contributed by atoms with E-state index in [4.69, 9.17) is 5.11 Å². The van der Waals surface area contributed by atoms with E-state index in [2.05, 4.69) is 17.3 Å². The second-order valence-electron chi connectivity index (χ2n) is 7.62. The van der Waals surface area contributed by atoms with Crippen molar-refractivity contribution in [3.63, 3.8) is 0 Å². The molecule has 2 aromatic carbocycles. The van der Waals surface area contributed by atoms with Gasteiger partial charge in [0.2, 0.25) is 0 Å². The van der Waals surface area contributed by atoms with Crippen LogP contribution in [-0.4, -0.2) is 54.4 Å². The highest BCUT2D eigenvalue weighted by atomic mass is 16.3. The van der Waals surface area contributed by atoms with Gasteiger partial charge in [0.25, 0.3) is 0 Å². The Hall–Kier alpha value is -3.02. The Morgan fingerprint density at radius 2 is 1.53 bits per heavy atom. The number of carbonyl (C=O) groups is 2. The molecule has 1 fully saturated rings. The molecule has 0 spiro atoms. The van der Waals surface area contributed by atoms with Crippen LogP contribution >= 0.6 is 0 Å². The summed E-state index contributed by atoms with van der Waals surface area (Å²) >= 11 is 0. The van der Waals surface area contributed by atoms with Crippen LogP contribution in [0.15, 0.2) is 60.7 Å². The summed E-state index contributed by atoms with van der Waals surface area (Å²) in [5, 5.41) is 12.3. The second-order valence-corrected chi connectivity index (χ2v) is 7.62. The molecule has 0 aromatic heterocycles. The number of aliphatic hydroxyl groups is 1. The van der Waals surface area contributed by atoms with Crippen LogP contribution in [0, 0.1) is 0 Å². The largest absolute Gasteiger partial charge is 0.388 e. The van der Waals surface area contributed by atoms with Crippen LogP contribution in [-0.2, 0) is 4.79 Å². The van der Waals surface area contributed by atoms with Gasteiger partial charge in [0, 0.05) is 17.3 Å². The van der Waals surface area contributed by atoms with Crippen molar-refractivity contribution in [3.8, 4) is 0 Å². The molecule has 1 saturated heterocycles. The first-order valence-electron chi connectivity index (χ1n) is 10.2. The average molecular weight is 405 g/mol. The monoisotopic (exact) mass is 404 g/mol. The first-order chi connectivity index (χ1) is 14.5. The number of likely N-dealkylation sites (tertiary alicyclic amines) is 1. The Balaban J connectivity index is 1.54. The van der Waals surface area contributed by atoms with Crippen LogP contribution < -0.4 is 5.32 Å². The molecule has 0 saturated carbocycles. The number of allylic oxidation sites excluding steroid dienone is 1. The maximum Gasteiger partial charge on any atom is 0.185 e. The number of rotatable bonds is 8. The molecule has 1 aliphatic rings. The van der Waals surface area contributed by atoms with E-state index in [1.54, 1.807) is 18.2 Å². The minimum Gasteiger partial charge on any atom is -0.388 e. The zero-order valence-electron chi connectivity index (χ0n) is 17.3. The maximum absolute atomic E-state index is 12.4. The lowest BCUT2D eigenvalue weighted by atomic mass is 10.0. The number of piperidine rings is 1. The Morgan fingerprint density at radius 3 is 2.10 bits per heavy atom. The number of ketones is 2. The highest BCUT2D eigenvalue weighted by Crippen LogP contribution is 2.17. The van der Waals surface area contributed by atoms with Gasteiger partial charge in [-0.2, -0.15) is 0 Å². The van der Waals surface area contributed by atoms with Crippen molar-refractivity contribution in [2.24, 2.45) is 0 Å². The van der Waals surface area contributed by atoms with E-state index in [1.165, 1.54) is 6.08 Å². The third-order valence-corrected chi connectivity index (χ3v) is 5.24. The SMILES string of the molecule is CN1CCC(Nc2ccc(C(=O)/C=C/c3ccc(/C=C/C(=O)CO)cc3)cc2)CC1. The summed E-state index contributed by atoms with van der Waals surface area (Å²) in [6, 6.07) is 15.6. The van der Waals surface area contributed by atoms with Crippen LogP contribution in [0.4, 0.5) is 5.69 Å². The van der Waals surface area contributed by atoms with E-state index in [0.29, 0.717) is 11.6 Å². The fourth-order valence-corrected chi connectivity index (χ4v) is 3.35. The quantitative estimate of drug-likeness (QED) is 0.519. The molecule has 0 bridgehead atoms. The minimum atomic E-state index is -0.491. The first-order valence-corrected chi connectivity index (χ1v) is 10.2. The summed E-state index contributed by atoms with van der Waals surface area (Å²) in [6.45, 7) is 1.73. The maximum atomic E-state index is 12.4. The summed E-state index contributed by atoms with van der Waals surface area (Å²) in [4.78, 5) is 25.9. The molecule has 2 aromatic rings. The summed E-state index contributed by atoms with van der Waals surface area (Å²) in [6.07, 6.45) is 8.61. The lowest BCUT2D eigenvalue weighted by Gasteiger charge is -2.30. The number of hydrogen-bond donors (Lipinski definition) is 2. The van der Waals surface area contributed by atoms with Gasteiger partial charge in [-0.1, -0.05) is 36.4 Å². The van der Waals surface area contributed by atoms with Gasteiger partial charge >= 0.3 is 0 Å².